The van der Waals surface area contributed by atoms with E-state index in [1.807, 2.05) is 0 Å². The molecule has 0 spiro atoms. The predicted molar refractivity (Wildman–Crippen MR) is 76.2 cm³/mol. The lowest BCUT2D eigenvalue weighted by Crippen LogP contribution is -2.60. The normalized spacial score (nSPS) is 22.8. The fraction of sp³-hybridized carbons (Fsp3) is 0.769. The van der Waals surface area contributed by atoms with E-state index in [1.54, 1.807) is 6.08 Å². The SMILES string of the molecule is C=CCNC(=S)OC1CC(C)(C)NC(C)(C)C1. The zero-order valence-electron chi connectivity index (χ0n) is 11.3. The summed E-state index contributed by atoms with van der Waals surface area (Å²) < 4.78 is 5.80. The summed E-state index contributed by atoms with van der Waals surface area (Å²) in [5.74, 6) is 0. The van der Waals surface area contributed by atoms with Crippen LogP contribution in [0, 0.1) is 0 Å². The van der Waals surface area contributed by atoms with Gasteiger partial charge in [-0.15, -0.1) is 6.58 Å². The molecule has 1 heterocycles. The molecule has 0 atom stereocenters. The summed E-state index contributed by atoms with van der Waals surface area (Å²) in [6.45, 7) is 13.1. The van der Waals surface area contributed by atoms with E-state index >= 15 is 0 Å². The molecule has 1 aliphatic rings. The van der Waals surface area contributed by atoms with Crippen LogP contribution in [0.4, 0.5) is 0 Å². The minimum atomic E-state index is 0.0838. The molecule has 1 fully saturated rings. The molecular weight excluding hydrogens is 232 g/mol. The van der Waals surface area contributed by atoms with Crippen molar-refractivity contribution in [3.05, 3.63) is 12.7 Å². The van der Waals surface area contributed by atoms with E-state index in [9.17, 15) is 0 Å². The second-order valence-corrected chi connectivity index (χ2v) is 6.37. The van der Waals surface area contributed by atoms with Crippen LogP contribution in [0.25, 0.3) is 0 Å². The number of piperidine rings is 1. The van der Waals surface area contributed by atoms with E-state index in [0.717, 1.165) is 12.8 Å². The monoisotopic (exact) mass is 256 g/mol. The third kappa shape index (κ3) is 5.04. The average Bonchev–Trinajstić information content (AvgIpc) is 2.09. The van der Waals surface area contributed by atoms with Gasteiger partial charge in [0.1, 0.15) is 6.10 Å². The number of nitrogens with one attached hydrogen (secondary N) is 2. The summed E-state index contributed by atoms with van der Waals surface area (Å²) in [6, 6.07) is 0. The van der Waals surface area contributed by atoms with Crippen LogP contribution in [-0.2, 0) is 4.74 Å². The van der Waals surface area contributed by atoms with Gasteiger partial charge in [-0.1, -0.05) is 6.08 Å². The van der Waals surface area contributed by atoms with E-state index in [2.05, 4.69) is 44.9 Å². The van der Waals surface area contributed by atoms with Gasteiger partial charge in [0.05, 0.1) is 0 Å². The van der Waals surface area contributed by atoms with Gasteiger partial charge < -0.3 is 15.4 Å². The first-order valence-electron chi connectivity index (χ1n) is 6.09. The first-order valence-corrected chi connectivity index (χ1v) is 6.50. The van der Waals surface area contributed by atoms with Crippen molar-refractivity contribution in [2.45, 2.75) is 57.7 Å². The van der Waals surface area contributed by atoms with Crippen molar-refractivity contribution in [2.24, 2.45) is 0 Å². The highest BCUT2D eigenvalue weighted by Crippen LogP contribution is 2.30. The number of hydrogen-bond acceptors (Lipinski definition) is 3. The summed E-state index contributed by atoms with van der Waals surface area (Å²) in [4.78, 5) is 0. The van der Waals surface area contributed by atoms with Gasteiger partial charge in [-0.25, -0.2) is 0 Å². The molecule has 17 heavy (non-hydrogen) atoms. The average molecular weight is 256 g/mol. The van der Waals surface area contributed by atoms with Crippen LogP contribution in [-0.4, -0.2) is 28.9 Å². The molecule has 98 valence electrons. The largest absolute Gasteiger partial charge is 0.468 e. The lowest BCUT2D eigenvalue weighted by molar-refractivity contribution is 0.0477. The quantitative estimate of drug-likeness (QED) is 0.600. The van der Waals surface area contributed by atoms with Crippen molar-refractivity contribution in [3.63, 3.8) is 0 Å². The molecule has 0 aromatic rings. The molecule has 0 saturated carbocycles. The maximum Gasteiger partial charge on any atom is 0.257 e. The summed E-state index contributed by atoms with van der Waals surface area (Å²) in [5.41, 5.74) is 0.168. The molecular formula is C13H24N2OS. The fourth-order valence-electron chi connectivity index (χ4n) is 2.66. The number of hydrogen-bond donors (Lipinski definition) is 2. The zero-order chi connectivity index (χ0) is 13.1. The Balaban J connectivity index is 2.53. The Morgan fingerprint density at radius 1 is 1.41 bits per heavy atom. The van der Waals surface area contributed by atoms with Gasteiger partial charge in [-0.2, -0.15) is 0 Å². The Hall–Kier alpha value is -0.610. The fourth-order valence-corrected chi connectivity index (χ4v) is 2.88. The second-order valence-electron chi connectivity index (χ2n) is 6.00. The number of rotatable bonds is 3. The van der Waals surface area contributed by atoms with Crippen molar-refractivity contribution >= 4 is 17.4 Å². The summed E-state index contributed by atoms with van der Waals surface area (Å²) >= 11 is 5.15. The maximum atomic E-state index is 5.80. The van der Waals surface area contributed by atoms with Crippen molar-refractivity contribution in [1.29, 1.82) is 0 Å². The van der Waals surface area contributed by atoms with Crippen LogP contribution < -0.4 is 10.6 Å². The highest BCUT2D eigenvalue weighted by Gasteiger charge is 2.38. The molecule has 2 N–H and O–H groups in total. The second kappa shape index (κ2) is 5.36. The van der Waals surface area contributed by atoms with Gasteiger partial charge in [0, 0.05) is 30.5 Å². The smallest absolute Gasteiger partial charge is 0.257 e. The third-order valence-electron chi connectivity index (χ3n) is 2.82. The minimum Gasteiger partial charge on any atom is -0.468 e. The highest BCUT2D eigenvalue weighted by molar-refractivity contribution is 7.80. The zero-order valence-corrected chi connectivity index (χ0v) is 12.1. The topological polar surface area (TPSA) is 33.3 Å². The predicted octanol–water partition coefficient (Wildman–Crippen LogP) is 2.37. The third-order valence-corrected chi connectivity index (χ3v) is 3.06. The summed E-state index contributed by atoms with van der Waals surface area (Å²) in [5, 5.41) is 7.10. The van der Waals surface area contributed by atoms with E-state index in [1.165, 1.54) is 0 Å². The van der Waals surface area contributed by atoms with Crippen LogP contribution in [0.3, 0.4) is 0 Å². The Morgan fingerprint density at radius 2 is 1.94 bits per heavy atom. The number of thiocarbonyl (C=S) groups is 1. The molecule has 0 unspecified atom stereocenters. The number of ether oxygens (including phenoxy) is 1. The lowest BCUT2D eigenvalue weighted by Gasteiger charge is -2.46. The van der Waals surface area contributed by atoms with Crippen LogP contribution in [0.15, 0.2) is 12.7 Å². The summed E-state index contributed by atoms with van der Waals surface area (Å²) in [6.07, 6.45) is 3.87. The van der Waals surface area contributed by atoms with Gasteiger partial charge in [0.15, 0.2) is 0 Å². The van der Waals surface area contributed by atoms with Gasteiger partial charge in [-0.05, 0) is 39.9 Å². The van der Waals surface area contributed by atoms with Gasteiger partial charge in [0.2, 0.25) is 0 Å². The van der Waals surface area contributed by atoms with E-state index in [4.69, 9.17) is 17.0 Å². The standard InChI is InChI=1S/C13H24N2OS/c1-6-7-14-11(17)16-10-8-12(2,3)15-13(4,5)9-10/h6,10,15H,1,7-9H2,2-5H3,(H,14,17). The van der Waals surface area contributed by atoms with E-state index in [0.29, 0.717) is 11.7 Å². The van der Waals surface area contributed by atoms with Crippen molar-refractivity contribution in [1.82, 2.24) is 10.6 Å². The van der Waals surface area contributed by atoms with Gasteiger partial charge >= 0.3 is 0 Å². The minimum absolute atomic E-state index is 0.0838. The molecule has 1 rings (SSSR count). The summed E-state index contributed by atoms with van der Waals surface area (Å²) in [7, 11) is 0. The molecule has 0 aliphatic carbocycles. The van der Waals surface area contributed by atoms with Crippen molar-refractivity contribution < 1.29 is 4.74 Å². The van der Waals surface area contributed by atoms with Crippen LogP contribution in [0.1, 0.15) is 40.5 Å². The van der Waals surface area contributed by atoms with Crippen LogP contribution in [0.5, 0.6) is 0 Å². The first-order chi connectivity index (χ1) is 7.74. The van der Waals surface area contributed by atoms with Crippen molar-refractivity contribution in [3.8, 4) is 0 Å². The van der Waals surface area contributed by atoms with Crippen molar-refractivity contribution in [2.75, 3.05) is 6.54 Å². The Morgan fingerprint density at radius 3 is 2.41 bits per heavy atom. The Labute approximate surface area is 110 Å². The molecule has 1 aliphatic heterocycles. The van der Waals surface area contributed by atoms with E-state index < -0.39 is 0 Å². The van der Waals surface area contributed by atoms with Gasteiger partial charge in [0.25, 0.3) is 5.17 Å². The Kier molecular flexibility index (Phi) is 4.55. The van der Waals surface area contributed by atoms with Crippen LogP contribution >= 0.6 is 12.2 Å². The molecule has 0 aromatic heterocycles. The molecule has 0 bridgehead atoms. The molecule has 4 heteroatoms. The molecule has 3 nitrogen and oxygen atoms in total. The van der Waals surface area contributed by atoms with E-state index in [-0.39, 0.29) is 17.2 Å². The van der Waals surface area contributed by atoms with Gasteiger partial charge in [-0.3, -0.25) is 0 Å². The molecule has 0 aromatic carbocycles. The first kappa shape index (κ1) is 14.5. The molecule has 0 amide bonds. The Bertz CT molecular complexity index is 284. The van der Waals surface area contributed by atoms with Crippen LogP contribution in [0.2, 0.25) is 0 Å². The maximum absolute atomic E-state index is 5.80. The molecule has 0 radical (unpaired) electrons. The lowest BCUT2D eigenvalue weighted by atomic mass is 9.81. The molecule has 1 saturated heterocycles. The highest BCUT2D eigenvalue weighted by atomic mass is 32.1.